The molecule has 0 atom stereocenters. The molecule has 10 heteroatoms. The van der Waals surface area contributed by atoms with Gasteiger partial charge < -0.3 is 14.6 Å². The molecule has 0 radical (unpaired) electrons. The van der Waals surface area contributed by atoms with E-state index in [1.54, 1.807) is 0 Å². The average molecular weight is 390 g/mol. The number of hydrogen-bond donors (Lipinski definition) is 1. The molecule has 0 saturated carbocycles. The maximum atomic E-state index is 12.5. The van der Waals surface area contributed by atoms with Crippen LogP contribution >= 0.6 is 0 Å². The third-order valence-corrected chi connectivity index (χ3v) is 4.47. The molecular formula is C18H18N2O8. The molecule has 0 aromatic heterocycles. The Balaban J connectivity index is 2.95. The minimum absolute atomic E-state index is 0.0207. The largest absolute Gasteiger partial charge is 0.466 e. The van der Waals surface area contributed by atoms with Gasteiger partial charge in [-0.3, -0.25) is 15.0 Å². The lowest BCUT2D eigenvalue weighted by Crippen LogP contribution is -2.37. The van der Waals surface area contributed by atoms with Gasteiger partial charge >= 0.3 is 18.0 Å². The first-order valence-electron chi connectivity index (χ1n) is 8.01. The van der Waals surface area contributed by atoms with Crippen molar-refractivity contribution in [3.8, 4) is 0 Å². The second-order valence-corrected chi connectivity index (χ2v) is 5.85. The Morgan fingerprint density at radius 3 is 1.89 bits per heavy atom. The lowest BCUT2D eigenvalue weighted by molar-refractivity contribution is -0.385. The molecule has 0 fully saturated rings. The number of carbonyl (C=O) groups is 3. The highest BCUT2D eigenvalue weighted by Gasteiger charge is 2.44. The molecule has 0 bridgehead atoms. The van der Waals surface area contributed by atoms with Crippen LogP contribution < -0.4 is 0 Å². The fraction of sp³-hybridized carbons (Fsp3) is 0.278. The van der Waals surface area contributed by atoms with E-state index in [0.717, 1.165) is 19.1 Å². The van der Waals surface area contributed by atoms with Crippen LogP contribution in [0.25, 0.3) is 0 Å². The average Bonchev–Trinajstić information content (AvgIpc) is 2.66. The van der Waals surface area contributed by atoms with Crippen LogP contribution in [0.15, 0.2) is 46.8 Å². The highest BCUT2D eigenvalue weighted by molar-refractivity contribution is 6.01. The minimum atomic E-state index is -1.43. The van der Waals surface area contributed by atoms with Gasteiger partial charge in [-0.2, -0.15) is 0 Å². The van der Waals surface area contributed by atoms with Gasteiger partial charge in [0, 0.05) is 23.0 Å². The van der Waals surface area contributed by atoms with E-state index in [1.165, 1.54) is 38.1 Å². The highest BCUT2D eigenvalue weighted by atomic mass is 16.6. The van der Waals surface area contributed by atoms with Crippen LogP contribution in [0.2, 0.25) is 0 Å². The number of esters is 2. The number of nitrogens with zero attached hydrogens (tertiary/aromatic N) is 2. The normalized spacial score (nSPS) is 14.8. The predicted molar refractivity (Wildman–Crippen MR) is 95.1 cm³/mol. The number of carboxylic acid groups (broad SMARTS) is 1. The smallest absolute Gasteiger partial charge is 0.415 e. The van der Waals surface area contributed by atoms with Crippen LogP contribution in [-0.4, -0.2) is 47.2 Å². The molecule has 1 aromatic rings. The van der Waals surface area contributed by atoms with Crippen LogP contribution in [0.3, 0.4) is 0 Å². The number of benzene rings is 1. The Morgan fingerprint density at radius 2 is 1.50 bits per heavy atom. The van der Waals surface area contributed by atoms with E-state index in [1.807, 2.05) is 0 Å². The quantitative estimate of drug-likeness (QED) is 0.470. The maximum absolute atomic E-state index is 12.5. The van der Waals surface area contributed by atoms with Gasteiger partial charge in [-0.1, -0.05) is 18.2 Å². The number of nitro groups is 1. The summed E-state index contributed by atoms with van der Waals surface area (Å²) in [5, 5.41) is 21.1. The number of allylic oxidation sites excluding steroid dienone is 2. The standard InChI is InChI=1S/C18H18N2O8/c1-9-13(16(21)27-3)15(11-7-5-6-8-12(11)20(25)26)14(17(22)28-4)10(2)19(9)18(23)24/h5-8,15H,1-4H3,(H,23,24). The summed E-state index contributed by atoms with van der Waals surface area (Å²) in [7, 11) is 2.18. The molecule has 1 aliphatic rings. The van der Waals surface area contributed by atoms with Crippen LogP contribution in [0.5, 0.6) is 0 Å². The van der Waals surface area contributed by atoms with Crippen molar-refractivity contribution in [2.45, 2.75) is 19.8 Å². The van der Waals surface area contributed by atoms with E-state index in [4.69, 9.17) is 9.47 Å². The Hall–Kier alpha value is -3.69. The van der Waals surface area contributed by atoms with Crippen molar-refractivity contribution >= 4 is 23.7 Å². The molecule has 28 heavy (non-hydrogen) atoms. The van der Waals surface area contributed by atoms with Crippen LogP contribution in [0, 0.1) is 10.1 Å². The molecule has 0 saturated heterocycles. The molecule has 1 aromatic carbocycles. The van der Waals surface area contributed by atoms with Gasteiger partial charge in [-0.05, 0) is 13.8 Å². The van der Waals surface area contributed by atoms with Crippen LogP contribution in [-0.2, 0) is 19.1 Å². The van der Waals surface area contributed by atoms with Gasteiger partial charge in [0.15, 0.2) is 0 Å². The Labute approximate surface area is 159 Å². The zero-order valence-electron chi connectivity index (χ0n) is 15.6. The number of hydrogen-bond acceptors (Lipinski definition) is 7. The van der Waals surface area contributed by atoms with Crippen molar-refractivity contribution < 1.29 is 33.9 Å². The third-order valence-electron chi connectivity index (χ3n) is 4.47. The fourth-order valence-electron chi connectivity index (χ4n) is 3.30. The third kappa shape index (κ3) is 3.31. The van der Waals surface area contributed by atoms with E-state index >= 15 is 0 Å². The van der Waals surface area contributed by atoms with E-state index in [2.05, 4.69) is 0 Å². The summed E-state index contributed by atoms with van der Waals surface area (Å²) >= 11 is 0. The van der Waals surface area contributed by atoms with Crippen molar-refractivity contribution in [1.29, 1.82) is 0 Å². The lowest BCUT2D eigenvalue weighted by Gasteiger charge is -2.34. The summed E-state index contributed by atoms with van der Waals surface area (Å²) in [6.07, 6.45) is -1.43. The lowest BCUT2D eigenvalue weighted by atomic mass is 9.79. The summed E-state index contributed by atoms with van der Waals surface area (Å²) in [5.74, 6) is -3.07. The molecule has 1 heterocycles. The molecule has 0 spiro atoms. The zero-order chi connectivity index (χ0) is 21.2. The van der Waals surface area contributed by atoms with Gasteiger partial charge in [0.05, 0.1) is 36.2 Å². The number of para-hydroxylation sites is 1. The van der Waals surface area contributed by atoms with Gasteiger partial charge in [0.25, 0.3) is 5.69 Å². The van der Waals surface area contributed by atoms with Crippen molar-refractivity contribution in [2.75, 3.05) is 14.2 Å². The predicted octanol–water partition coefficient (Wildman–Crippen LogP) is 2.57. The van der Waals surface area contributed by atoms with Crippen LogP contribution in [0.4, 0.5) is 10.5 Å². The Morgan fingerprint density at radius 1 is 1.04 bits per heavy atom. The Kier molecular flexibility index (Phi) is 5.82. The molecule has 0 aliphatic carbocycles. The summed E-state index contributed by atoms with van der Waals surface area (Å²) < 4.78 is 9.55. The van der Waals surface area contributed by atoms with Crippen molar-refractivity contribution in [2.24, 2.45) is 0 Å². The first kappa shape index (κ1) is 20.6. The van der Waals surface area contributed by atoms with Crippen molar-refractivity contribution in [3.63, 3.8) is 0 Å². The topological polar surface area (TPSA) is 136 Å². The van der Waals surface area contributed by atoms with E-state index < -0.39 is 28.9 Å². The number of rotatable bonds is 4. The SMILES string of the molecule is COC(=O)C1=C(C)N(C(=O)O)C(C)=C(C(=O)OC)C1c1ccccc1[N+](=O)[O-]. The molecule has 0 unspecified atom stereocenters. The van der Waals surface area contributed by atoms with Gasteiger partial charge in [-0.25, -0.2) is 14.4 Å². The zero-order valence-corrected chi connectivity index (χ0v) is 15.6. The molecule has 1 aliphatic heterocycles. The molecular weight excluding hydrogens is 372 g/mol. The summed E-state index contributed by atoms with van der Waals surface area (Å²) in [5.41, 5.74) is -0.743. The monoisotopic (exact) mass is 390 g/mol. The number of nitro benzene ring substituents is 1. The fourth-order valence-corrected chi connectivity index (χ4v) is 3.30. The van der Waals surface area contributed by atoms with E-state index in [-0.39, 0.29) is 33.8 Å². The van der Waals surface area contributed by atoms with Gasteiger partial charge in [0.1, 0.15) is 0 Å². The maximum Gasteiger partial charge on any atom is 0.415 e. The molecule has 1 N–H and O–H groups in total. The first-order valence-corrected chi connectivity index (χ1v) is 8.01. The van der Waals surface area contributed by atoms with Crippen molar-refractivity contribution in [3.05, 3.63) is 62.5 Å². The number of ether oxygens (including phenoxy) is 2. The van der Waals surface area contributed by atoms with Crippen molar-refractivity contribution in [1.82, 2.24) is 4.90 Å². The first-order chi connectivity index (χ1) is 13.2. The van der Waals surface area contributed by atoms with E-state index in [0.29, 0.717) is 0 Å². The van der Waals surface area contributed by atoms with Gasteiger partial charge in [-0.15, -0.1) is 0 Å². The number of amides is 1. The minimum Gasteiger partial charge on any atom is -0.466 e. The molecule has 2 rings (SSSR count). The number of carbonyl (C=O) groups excluding carboxylic acids is 2. The summed E-state index contributed by atoms with van der Waals surface area (Å²) in [6, 6.07) is 5.58. The van der Waals surface area contributed by atoms with Crippen LogP contribution in [0.1, 0.15) is 25.3 Å². The Bertz CT molecular complexity index is 891. The number of methoxy groups -OCH3 is 2. The molecule has 10 nitrogen and oxygen atoms in total. The summed E-state index contributed by atoms with van der Waals surface area (Å²) in [6.45, 7) is 2.72. The molecule has 148 valence electrons. The summed E-state index contributed by atoms with van der Waals surface area (Å²) in [4.78, 5) is 48.4. The van der Waals surface area contributed by atoms with E-state index in [9.17, 15) is 29.6 Å². The molecule has 1 amide bonds. The second kappa shape index (κ2) is 7.91. The second-order valence-electron chi connectivity index (χ2n) is 5.85. The highest BCUT2D eigenvalue weighted by Crippen LogP contribution is 2.45. The van der Waals surface area contributed by atoms with Gasteiger partial charge in [0.2, 0.25) is 0 Å².